The summed E-state index contributed by atoms with van der Waals surface area (Å²) in [5, 5.41) is 4.50. The predicted molar refractivity (Wildman–Crippen MR) is 105 cm³/mol. The van der Waals surface area contributed by atoms with Crippen molar-refractivity contribution in [3.8, 4) is 11.1 Å². The molecular weight excluding hydrogens is 324 g/mol. The fraction of sp³-hybridized carbons (Fsp3) is 0.286. The Labute approximate surface area is 152 Å². The molecule has 0 spiro atoms. The maximum Gasteiger partial charge on any atom is 0.222 e. The number of carbonyl (C=O) groups is 1. The van der Waals surface area contributed by atoms with Crippen LogP contribution in [-0.2, 0) is 0 Å². The zero-order valence-corrected chi connectivity index (χ0v) is 14.6. The summed E-state index contributed by atoms with van der Waals surface area (Å²) in [7, 11) is 0. The third kappa shape index (κ3) is 3.25. The third-order valence-corrected chi connectivity index (χ3v) is 5.06. The van der Waals surface area contributed by atoms with E-state index in [2.05, 4.69) is 15.3 Å². The van der Waals surface area contributed by atoms with Crippen LogP contribution in [0.15, 0.2) is 42.5 Å². The van der Waals surface area contributed by atoms with E-state index in [0.29, 0.717) is 11.6 Å². The molecule has 1 saturated carbocycles. The van der Waals surface area contributed by atoms with Crippen molar-refractivity contribution in [1.82, 2.24) is 9.97 Å². The number of nitrogens with two attached hydrogens (primary N) is 1. The first kappa shape index (κ1) is 16.5. The number of nitrogens with one attached hydrogen (secondary N) is 1. The van der Waals surface area contributed by atoms with Crippen molar-refractivity contribution in [2.24, 2.45) is 0 Å². The number of benzene rings is 2. The standard InChI is InChI=1S/C21H22N4O/c22-21-24-19-11-10-14(17-9-5-4-6-15(17)13-26)12-18(19)20(25-21)23-16-7-2-1-3-8-16/h4-6,9-13,16H,1-3,7-8H2,(H3,22,23,24,25). The van der Waals surface area contributed by atoms with E-state index in [-0.39, 0.29) is 5.95 Å². The summed E-state index contributed by atoms with van der Waals surface area (Å²) in [6.45, 7) is 0. The SMILES string of the molecule is Nc1nc(NC2CCCCC2)c2cc(-c3ccccc3C=O)ccc2n1. The van der Waals surface area contributed by atoms with Gasteiger partial charge in [-0.1, -0.05) is 49.6 Å². The molecule has 1 aliphatic rings. The van der Waals surface area contributed by atoms with E-state index >= 15 is 0 Å². The van der Waals surface area contributed by atoms with Gasteiger partial charge in [-0.2, -0.15) is 4.98 Å². The average molecular weight is 346 g/mol. The molecular formula is C21H22N4O. The lowest BCUT2D eigenvalue weighted by Gasteiger charge is -2.24. The van der Waals surface area contributed by atoms with Crippen LogP contribution in [0.25, 0.3) is 22.0 Å². The number of aromatic nitrogens is 2. The topological polar surface area (TPSA) is 80.9 Å². The second-order valence-electron chi connectivity index (χ2n) is 6.85. The van der Waals surface area contributed by atoms with Crippen LogP contribution >= 0.6 is 0 Å². The highest BCUT2D eigenvalue weighted by Gasteiger charge is 2.16. The molecule has 1 heterocycles. The molecule has 1 aromatic heterocycles. The lowest BCUT2D eigenvalue weighted by atomic mass is 9.95. The van der Waals surface area contributed by atoms with Crippen molar-refractivity contribution >= 4 is 29.0 Å². The summed E-state index contributed by atoms with van der Waals surface area (Å²) in [6.07, 6.45) is 6.98. The molecule has 2 aromatic carbocycles. The van der Waals surface area contributed by atoms with Gasteiger partial charge in [0.15, 0.2) is 6.29 Å². The van der Waals surface area contributed by atoms with Crippen molar-refractivity contribution < 1.29 is 4.79 Å². The van der Waals surface area contributed by atoms with Crippen molar-refractivity contribution in [3.63, 3.8) is 0 Å². The molecule has 0 amide bonds. The first-order valence-corrected chi connectivity index (χ1v) is 9.13. The van der Waals surface area contributed by atoms with E-state index < -0.39 is 0 Å². The Morgan fingerprint density at radius 1 is 1.04 bits per heavy atom. The monoisotopic (exact) mass is 346 g/mol. The fourth-order valence-corrected chi connectivity index (χ4v) is 3.73. The summed E-state index contributed by atoms with van der Waals surface area (Å²) in [5.41, 5.74) is 9.28. The van der Waals surface area contributed by atoms with Gasteiger partial charge in [0.1, 0.15) is 5.82 Å². The van der Waals surface area contributed by atoms with Crippen LogP contribution < -0.4 is 11.1 Å². The molecule has 5 heteroatoms. The number of nitrogen functional groups attached to an aromatic ring is 1. The Hall–Kier alpha value is -2.95. The molecule has 1 fully saturated rings. The summed E-state index contributed by atoms with van der Waals surface area (Å²) in [6, 6.07) is 14.0. The number of nitrogens with zero attached hydrogens (tertiary/aromatic N) is 2. The first-order valence-electron chi connectivity index (χ1n) is 9.13. The highest BCUT2D eigenvalue weighted by atomic mass is 16.1. The van der Waals surface area contributed by atoms with Gasteiger partial charge in [0.2, 0.25) is 5.95 Å². The summed E-state index contributed by atoms with van der Waals surface area (Å²) < 4.78 is 0. The normalized spacial score (nSPS) is 15.1. The largest absolute Gasteiger partial charge is 0.368 e. The molecule has 0 bridgehead atoms. The van der Waals surface area contributed by atoms with Gasteiger partial charge < -0.3 is 11.1 Å². The molecule has 0 atom stereocenters. The molecule has 0 radical (unpaired) electrons. The zero-order chi connectivity index (χ0) is 17.9. The van der Waals surface area contributed by atoms with Crippen molar-refractivity contribution in [2.45, 2.75) is 38.1 Å². The molecule has 3 N–H and O–H groups in total. The Morgan fingerprint density at radius 3 is 2.65 bits per heavy atom. The van der Waals surface area contributed by atoms with Crippen LogP contribution in [0.2, 0.25) is 0 Å². The Morgan fingerprint density at radius 2 is 1.85 bits per heavy atom. The Balaban J connectivity index is 1.79. The molecule has 0 saturated heterocycles. The van der Waals surface area contributed by atoms with Gasteiger partial charge in [-0.05, 0) is 36.1 Å². The quantitative estimate of drug-likeness (QED) is 0.683. The summed E-state index contributed by atoms with van der Waals surface area (Å²) >= 11 is 0. The maximum absolute atomic E-state index is 11.4. The maximum atomic E-state index is 11.4. The molecule has 132 valence electrons. The second-order valence-corrected chi connectivity index (χ2v) is 6.85. The number of carbonyl (C=O) groups excluding carboxylic acids is 1. The molecule has 0 aliphatic heterocycles. The predicted octanol–water partition coefficient (Wildman–Crippen LogP) is 4.44. The highest BCUT2D eigenvalue weighted by Crippen LogP contribution is 2.31. The minimum absolute atomic E-state index is 0.275. The van der Waals surface area contributed by atoms with Gasteiger partial charge in [0, 0.05) is 17.0 Å². The Kier molecular flexibility index (Phi) is 4.52. The average Bonchev–Trinajstić information content (AvgIpc) is 2.68. The molecule has 3 aromatic rings. The first-order chi connectivity index (χ1) is 12.7. The van der Waals surface area contributed by atoms with Gasteiger partial charge in [-0.25, -0.2) is 4.98 Å². The number of anilines is 2. The smallest absolute Gasteiger partial charge is 0.222 e. The number of aldehydes is 1. The van der Waals surface area contributed by atoms with E-state index in [1.54, 1.807) is 0 Å². The second kappa shape index (κ2) is 7.12. The van der Waals surface area contributed by atoms with Crippen LogP contribution in [0.3, 0.4) is 0 Å². The molecule has 4 rings (SSSR count). The van der Waals surface area contributed by atoms with E-state index in [1.807, 2.05) is 42.5 Å². The van der Waals surface area contributed by atoms with Crippen LogP contribution in [0.1, 0.15) is 42.5 Å². The third-order valence-electron chi connectivity index (χ3n) is 5.06. The summed E-state index contributed by atoms with van der Waals surface area (Å²) in [4.78, 5) is 20.2. The zero-order valence-electron chi connectivity index (χ0n) is 14.6. The van der Waals surface area contributed by atoms with Crippen molar-refractivity contribution in [1.29, 1.82) is 0 Å². The lowest BCUT2D eigenvalue weighted by Crippen LogP contribution is -2.23. The molecule has 5 nitrogen and oxygen atoms in total. The van der Waals surface area contributed by atoms with E-state index in [0.717, 1.165) is 47.0 Å². The number of fused-ring (bicyclic) bond motifs is 1. The van der Waals surface area contributed by atoms with Crippen LogP contribution in [-0.4, -0.2) is 22.3 Å². The minimum atomic E-state index is 0.275. The lowest BCUT2D eigenvalue weighted by molar-refractivity contribution is 0.112. The fourth-order valence-electron chi connectivity index (χ4n) is 3.73. The molecule has 26 heavy (non-hydrogen) atoms. The van der Waals surface area contributed by atoms with E-state index in [4.69, 9.17) is 5.73 Å². The molecule has 1 aliphatic carbocycles. The number of hydrogen-bond acceptors (Lipinski definition) is 5. The highest BCUT2D eigenvalue weighted by molar-refractivity contribution is 5.96. The van der Waals surface area contributed by atoms with Gasteiger partial charge in [-0.15, -0.1) is 0 Å². The number of hydrogen-bond donors (Lipinski definition) is 2. The van der Waals surface area contributed by atoms with Crippen molar-refractivity contribution in [2.75, 3.05) is 11.1 Å². The number of rotatable bonds is 4. The van der Waals surface area contributed by atoms with Gasteiger partial charge in [-0.3, -0.25) is 4.79 Å². The van der Waals surface area contributed by atoms with E-state index in [9.17, 15) is 4.79 Å². The van der Waals surface area contributed by atoms with Crippen LogP contribution in [0.5, 0.6) is 0 Å². The van der Waals surface area contributed by atoms with Gasteiger partial charge >= 0.3 is 0 Å². The molecule has 0 unspecified atom stereocenters. The van der Waals surface area contributed by atoms with Gasteiger partial charge in [0.25, 0.3) is 0 Å². The summed E-state index contributed by atoms with van der Waals surface area (Å²) in [5.74, 6) is 1.06. The van der Waals surface area contributed by atoms with E-state index in [1.165, 1.54) is 19.3 Å². The Bertz CT molecular complexity index is 948. The van der Waals surface area contributed by atoms with Crippen LogP contribution in [0.4, 0.5) is 11.8 Å². The van der Waals surface area contributed by atoms with Crippen LogP contribution in [0, 0.1) is 0 Å². The van der Waals surface area contributed by atoms with Gasteiger partial charge in [0.05, 0.1) is 5.52 Å². The van der Waals surface area contributed by atoms with Crippen molar-refractivity contribution in [3.05, 3.63) is 48.0 Å². The minimum Gasteiger partial charge on any atom is -0.368 e.